The summed E-state index contributed by atoms with van der Waals surface area (Å²) in [5.41, 5.74) is 1.72. The number of hydrogen-bond acceptors (Lipinski definition) is 3. The van der Waals surface area contributed by atoms with Crippen molar-refractivity contribution in [1.29, 1.82) is 0 Å². The van der Waals surface area contributed by atoms with Crippen molar-refractivity contribution in [1.82, 2.24) is 4.90 Å². The topological polar surface area (TPSA) is 46.6 Å². The fourth-order valence-electron chi connectivity index (χ4n) is 2.90. The third-order valence-corrected chi connectivity index (χ3v) is 4.94. The number of amides is 1. The number of ether oxygens (including phenoxy) is 1. The van der Waals surface area contributed by atoms with E-state index in [0.29, 0.717) is 40.9 Å². The van der Waals surface area contributed by atoms with Crippen LogP contribution in [0.4, 0.5) is 0 Å². The number of morpholine rings is 1. The van der Waals surface area contributed by atoms with Crippen LogP contribution in [0.5, 0.6) is 0 Å². The molecule has 1 amide bonds. The zero-order valence-corrected chi connectivity index (χ0v) is 15.2. The summed E-state index contributed by atoms with van der Waals surface area (Å²) in [7, 11) is 0. The minimum absolute atomic E-state index is 0.127. The number of benzene rings is 2. The molecule has 1 saturated heterocycles. The lowest BCUT2D eigenvalue weighted by Gasteiger charge is -2.33. The normalized spacial score (nSPS) is 17.4. The van der Waals surface area contributed by atoms with Gasteiger partial charge in [0.2, 0.25) is 0 Å². The first-order valence-electron chi connectivity index (χ1n) is 7.93. The highest BCUT2D eigenvalue weighted by molar-refractivity contribution is 6.42. The Hall–Kier alpha value is -1.88. The van der Waals surface area contributed by atoms with E-state index in [-0.39, 0.29) is 17.8 Å². The summed E-state index contributed by atoms with van der Waals surface area (Å²) in [5, 5.41) is 0.928. The van der Waals surface area contributed by atoms with Crippen molar-refractivity contribution in [3.05, 3.63) is 69.2 Å². The monoisotopic (exact) mass is 377 g/mol. The predicted molar refractivity (Wildman–Crippen MR) is 97.5 cm³/mol. The van der Waals surface area contributed by atoms with Gasteiger partial charge in [-0.05, 0) is 30.7 Å². The first-order valence-corrected chi connectivity index (χ1v) is 8.68. The van der Waals surface area contributed by atoms with Crippen molar-refractivity contribution in [3.8, 4) is 0 Å². The average Bonchev–Trinajstić information content (AvgIpc) is 2.63. The van der Waals surface area contributed by atoms with Crippen LogP contribution in [-0.2, 0) is 4.74 Å². The molecule has 1 fully saturated rings. The maximum absolute atomic E-state index is 12.9. The number of hydrogen-bond donors (Lipinski definition) is 0. The molecule has 1 heterocycles. The minimum Gasteiger partial charge on any atom is -0.370 e. The Bertz CT molecular complexity index is 822. The van der Waals surface area contributed by atoms with Crippen LogP contribution < -0.4 is 0 Å². The quantitative estimate of drug-likeness (QED) is 0.744. The Kier molecular flexibility index (Phi) is 5.42. The van der Waals surface area contributed by atoms with Gasteiger partial charge >= 0.3 is 0 Å². The number of rotatable bonds is 3. The Morgan fingerprint density at radius 2 is 1.80 bits per heavy atom. The smallest absolute Gasteiger partial charge is 0.254 e. The molecule has 1 unspecified atom stereocenters. The first kappa shape index (κ1) is 17.9. The van der Waals surface area contributed by atoms with Gasteiger partial charge in [0.05, 0.1) is 28.8 Å². The zero-order chi connectivity index (χ0) is 18.0. The third-order valence-electron chi connectivity index (χ3n) is 4.21. The fourth-order valence-corrected chi connectivity index (χ4v) is 3.20. The molecule has 4 nitrogen and oxygen atoms in total. The highest BCUT2D eigenvalue weighted by Gasteiger charge is 2.28. The Labute approximate surface area is 156 Å². The van der Waals surface area contributed by atoms with Crippen LogP contribution in [0.15, 0.2) is 42.5 Å². The third kappa shape index (κ3) is 3.87. The zero-order valence-electron chi connectivity index (χ0n) is 13.7. The first-order chi connectivity index (χ1) is 12.0. The molecule has 0 aliphatic carbocycles. The maximum Gasteiger partial charge on any atom is 0.254 e. The molecular formula is C19H17Cl2NO3. The molecule has 0 aromatic heterocycles. The van der Waals surface area contributed by atoms with Gasteiger partial charge in [-0.1, -0.05) is 47.5 Å². The fraction of sp³-hybridized carbons (Fsp3) is 0.263. The maximum atomic E-state index is 12.9. The van der Waals surface area contributed by atoms with Gasteiger partial charge in [0.25, 0.3) is 5.91 Å². The summed E-state index contributed by atoms with van der Waals surface area (Å²) >= 11 is 12.0. The molecule has 0 saturated carbocycles. The van der Waals surface area contributed by atoms with E-state index >= 15 is 0 Å². The van der Waals surface area contributed by atoms with Crippen LogP contribution in [0.25, 0.3) is 0 Å². The van der Waals surface area contributed by atoms with E-state index in [1.165, 1.54) is 6.92 Å². The highest BCUT2D eigenvalue weighted by atomic mass is 35.5. The second-order valence-electron chi connectivity index (χ2n) is 5.89. The van der Waals surface area contributed by atoms with Gasteiger partial charge in [0.15, 0.2) is 5.78 Å². The van der Waals surface area contributed by atoms with Gasteiger partial charge in [-0.2, -0.15) is 0 Å². The van der Waals surface area contributed by atoms with Gasteiger partial charge in [-0.3, -0.25) is 9.59 Å². The van der Waals surface area contributed by atoms with Crippen LogP contribution in [0.1, 0.15) is 39.3 Å². The number of carbonyl (C=O) groups is 2. The van der Waals surface area contributed by atoms with Gasteiger partial charge in [-0.15, -0.1) is 0 Å². The number of carbonyl (C=O) groups excluding carboxylic acids is 2. The van der Waals surface area contributed by atoms with E-state index in [1.54, 1.807) is 41.3 Å². The standard InChI is InChI=1S/C19H17Cl2NO3/c1-12(23)14-4-2-3-5-15(14)19(24)22-8-9-25-18(11-22)13-6-7-16(20)17(21)10-13/h2-7,10,18H,8-9,11H2,1H3. The lowest BCUT2D eigenvalue weighted by molar-refractivity contribution is -0.0228. The molecule has 0 radical (unpaired) electrons. The molecule has 2 aromatic rings. The van der Waals surface area contributed by atoms with Gasteiger partial charge in [0.1, 0.15) is 6.10 Å². The second-order valence-corrected chi connectivity index (χ2v) is 6.70. The molecule has 1 atom stereocenters. The van der Waals surface area contributed by atoms with Gasteiger partial charge in [0, 0.05) is 12.1 Å². The van der Waals surface area contributed by atoms with Gasteiger partial charge in [-0.25, -0.2) is 0 Å². The summed E-state index contributed by atoms with van der Waals surface area (Å²) in [6.07, 6.45) is -0.281. The Morgan fingerprint density at radius 3 is 2.48 bits per heavy atom. The van der Waals surface area contributed by atoms with Crippen LogP contribution in [0, 0.1) is 0 Å². The van der Waals surface area contributed by atoms with E-state index in [2.05, 4.69) is 0 Å². The molecule has 1 aliphatic heterocycles. The largest absolute Gasteiger partial charge is 0.370 e. The lowest BCUT2D eigenvalue weighted by Crippen LogP contribution is -2.42. The van der Waals surface area contributed by atoms with Crippen molar-refractivity contribution >= 4 is 34.9 Å². The summed E-state index contributed by atoms with van der Waals surface area (Å²) in [5.74, 6) is -0.294. The summed E-state index contributed by atoms with van der Waals surface area (Å²) in [6, 6.07) is 12.2. The molecule has 0 spiro atoms. The highest BCUT2D eigenvalue weighted by Crippen LogP contribution is 2.29. The molecule has 2 aromatic carbocycles. The Morgan fingerprint density at radius 1 is 1.08 bits per heavy atom. The van der Waals surface area contributed by atoms with E-state index in [0.717, 1.165) is 5.56 Å². The summed E-state index contributed by atoms with van der Waals surface area (Å²) in [4.78, 5) is 26.4. The van der Waals surface area contributed by atoms with Crippen LogP contribution in [0.2, 0.25) is 10.0 Å². The number of Topliss-reactive ketones (excluding diaryl/α,β-unsaturated/α-hetero) is 1. The Balaban J connectivity index is 1.83. The van der Waals surface area contributed by atoms with Crippen LogP contribution >= 0.6 is 23.2 Å². The molecule has 130 valence electrons. The minimum atomic E-state index is -0.281. The van der Waals surface area contributed by atoms with Crippen molar-refractivity contribution in [2.24, 2.45) is 0 Å². The van der Waals surface area contributed by atoms with E-state index in [4.69, 9.17) is 27.9 Å². The van der Waals surface area contributed by atoms with Crippen molar-refractivity contribution < 1.29 is 14.3 Å². The number of ketones is 1. The molecule has 25 heavy (non-hydrogen) atoms. The van der Waals surface area contributed by atoms with E-state index < -0.39 is 0 Å². The summed E-state index contributed by atoms with van der Waals surface area (Å²) in [6.45, 7) is 2.74. The molecule has 1 aliphatic rings. The van der Waals surface area contributed by atoms with E-state index in [9.17, 15) is 9.59 Å². The lowest BCUT2D eigenvalue weighted by atomic mass is 10.0. The molecule has 0 N–H and O–H groups in total. The van der Waals surface area contributed by atoms with Gasteiger partial charge < -0.3 is 9.64 Å². The number of halogens is 2. The molecule has 6 heteroatoms. The van der Waals surface area contributed by atoms with Crippen molar-refractivity contribution in [3.63, 3.8) is 0 Å². The van der Waals surface area contributed by atoms with Crippen molar-refractivity contribution in [2.75, 3.05) is 19.7 Å². The van der Waals surface area contributed by atoms with Crippen LogP contribution in [0.3, 0.4) is 0 Å². The molecular weight excluding hydrogens is 361 g/mol. The number of nitrogens with zero attached hydrogens (tertiary/aromatic N) is 1. The summed E-state index contributed by atoms with van der Waals surface area (Å²) < 4.78 is 5.79. The second kappa shape index (κ2) is 7.56. The van der Waals surface area contributed by atoms with Crippen LogP contribution in [-0.4, -0.2) is 36.3 Å². The van der Waals surface area contributed by atoms with Crippen molar-refractivity contribution in [2.45, 2.75) is 13.0 Å². The molecule has 0 bridgehead atoms. The average molecular weight is 378 g/mol. The SMILES string of the molecule is CC(=O)c1ccccc1C(=O)N1CCOC(c2ccc(Cl)c(Cl)c2)C1. The predicted octanol–water partition coefficient (Wildman–Crippen LogP) is 4.41. The van der Waals surface area contributed by atoms with E-state index in [1.807, 2.05) is 6.07 Å². The molecule has 3 rings (SSSR count).